The van der Waals surface area contributed by atoms with Gasteiger partial charge in [0.1, 0.15) is 12.4 Å². The number of urea groups is 1. The molecule has 2 N–H and O–H groups in total. The van der Waals surface area contributed by atoms with E-state index in [0.29, 0.717) is 17.0 Å². The second kappa shape index (κ2) is 14.9. The molecule has 0 aliphatic heterocycles. The van der Waals surface area contributed by atoms with E-state index in [1.165, 1.54) is 4.90 Å². The molecule has 0 heterocycles. The van der Waals surface area contributed by atoms with Gasteiger partial charge in [0.25, 0.3) is 0 Å². The Morgan fingerprint density at radius 2 is 1.69 bits per heavy atom. The average Bonchev–Trinajstić information content (AvgIpc) is 2.86. The number of aliphatic carboxylic acids is 1. The normalized spacial score (nSPS) is 12.6. The van der Waals surface area contributed by atoms with Gasteiger partial charge in [-0.2, -0.15) is 22.0 Å². The number of para-hydroxylation sites is 1. The van der Waals surface area contributed by atoms with Gasteiger partial charge >= 0.3 is 24.1 Å². The third-order valence-electron chi connectivity index (χ3n) is 5.60. The Labute approximate surface area is 227 Å². The number of carboxylic acids is 1. The SMILES string of the molecule is CCOC(Cc1ccc(OCCN(CCCCC(F)(F)C(F)(F)F)C(=O)Nc2ccccc2Cl)cc1)C(=O)O. The number of hydrogen-bond donors (Lipinski definition) is 2. The number of alkyl halides is 5. The number of amides is 2. The van der Waals surface area contributed by atoms with Crippen LogP contribution in [0.5, 0.6) is 5.75 Å². The summed E-state index contributed by atoms with van der Waals surface area (Å²) in [6, 6.07) is 12.4. The number of nitrogens with zero attached hydrogens (tertiary/aromatic N) is 1. The molecule has 0 radical (unpaired) electrons. The van der Waals surface area contributed by atoms with Crippen molar-refractivity contribution in [2.75, 3.05) is 31.6 Å². The standard InChI is InChI=1S/C26H30ClF5N2O5/c1-2-38-22(23(35)36)17-18-9-11-19(12-10-18)39-16-15-34(14-6-5-13-25(28,29)26(30,31)32)24(37)33-21-8-4-3-7-20(21)27/h3-4,7-12,22H,2,5-6,13-17H2,1H3,(H,33,37)(H,35,36). The highest BCUT2D eigenvalue weighted by Crippen LogP contribution is 2.39. The molecule has 2 rings (SSSR count). The minimum absolute atomic E-state index is 0.000864. The molecule has 39 heavy (non-hydrogen) atoms. The molecule has 13 heteroatoms. The average molecular weight is 581 g/mol. The maximum Gasteiger partial charge on any atom is 0.453 e. The highest BCUT2D eigenvalue weighted by atomic mass is 35.5. The molecule has 2 amide bonds. The lowest BCUT2D eigenvalue weighted by Crippen LogP contribution is -2.39. The summed E-state index contributed by atoms with van der Waals surface area (Å²) >= 11 is 6.07. The summed E-state index contributed by atoms with van der Waals surface area (Å²) in [5.41, 5.74) is 1.01. The Kier molecular flexibility index (Phi) is 12.2. The van der Waals surface area contributed by atoms with Crippen molar-refractivity contribution in [3.05, 3.63) is 59.1 Å². The predicted octanol–water partition coefficient (Wildman–Crippen LogP) is 6.65. The van der Waals surface area contributed by atoms with E-state index in [1.54, 1.807) is 55.5 Å². The number of benzene rings is 2. The molecule has 0 saturated carbocycles. The van der Waals surface area contributed by atoms with E-state index in [4.69, 9.17) is 21.1 Å². The molecule has 0 spiro atoms. The molecular formula is C26H30ClF5N2O5. The van der Waals surface area contributed by atoms with Crippen LogP contribution < -0.4 is 10.1 Å². The molecule has 1 unspecified atom stereocenters. The number of carboxylic acid groups (broad SMARTS) is 1. The molecule has 2 aromatic rings. The van der Waals surface area contributed by atoms with Crippen molar-refractivity contribution < 1.29 is 46.1 Å². The number of ether oxygens (including phenoxy) is 2. The van der Waals surface area contributed by atoms with Crippen molar-refractivity contribution in [1.82, 2.24) is 4.90 Å². The number of hydrogen-bond acceptors (Lipinski definition) is 4. The number of rotatable bonds is 15. The van der Waals surface area contributed by atoms with Crippen molar-refractivity contribution in [2.24, 2.45) is 0 Å². The lowest BCUT2D eigenvalue weighted by Gasteiger charge is -2.24. The summed E-state index contributed by atoms with van der Waals surface area (Å²) in [6.07, 6.45) is -8.39. The highest BCUT2D eigenvalue weighted by molar-refractivity contribution is 6.33. The third kappa shape index (κ3) is 10.5. The number of nitrogens with one attached hydrogen (secondary N) is 1. The van der Waals surface area contributed by atoms with Gasteiger partial charge in [-0.3, -0.25) is 0 Å². The van der Waals surface area contributed by atoms with Crippen LogP contribution in [0.25, 0.3) is 0 Å². The number of anilines is 1. The van der Waals surface area contributed by atoms with Crippen LogP contribution >= 0.6 is 11.6 Å². The zero-order valence-corrected chi connectivity index (χ0v) is 21.9. The molecule has 0 fully saturated rings. The van der Waals surface area contributed by atoms with Gasteiger partial charge in [0.05, 0.1) is 17.3 Å². The first-order chi connectivity index (χ1) is 18.3. The highest BCUT2D eigenvalue weighted by Gasteiger charge is 2.56. The number of carbonyl (C=O) groups excluding carboxylic acids is 1. The van der Waals surface area contributed by atoms with Gasteiger partial charge in [-0.1, -0.05) is 35.9 Å². The maximum atomic E-state index is 13.2. The molecule has 0 saturated heterocycles. The van der Waals surface area contributed by atoms with Gasteiger partial charge in [-0.25, -0.2) is 9.59 Å². The molecule has 0 bridgehead atoms. The van der Waals surface area contributed by atoms with E-state index in [1.807, 2.05) is 0 Å². The third-order valence-corrected chi connectivity index (χ3v) is 5.93. The molecule has 7 nitrogen and oxygen atoms in total. The summed E-state index contributed by atoms with van der Waals surface area (Å²) in [5.74, 6) is -5.45. The quantitative estimate of drug-likeness (QED) is 0.182. The predicted molar refractivity (Wildman–Crippen MR) is 136 cm³/mol. The Bertz CT molecular complexity index is 1070. The van der Waals surface area contributed by atoms with Crippen LogP contribution in [-0.4, -0.2) is 66.5 Å². The molecule has 0 aliphatic carbocycles. The maximum absolute atomic E-state index is 13.2. The zero-order valence-electron chi connectivity index (χ0n) is 21.1. The number of carbonyl (C=O) groups is 2. The lowest BCUT2D eigenvalue weighted by atomic mass is 10.1. The topological polar surface area (TPSA) is 88.1 Å². The number of halogens is 6. The summed E-state index contributed by atoms with van der Waals surface area (Å²) < 4.78 is 74.6. The summed E-state index contributed by atoms with van der Waals surface area (Å²) in [5, 5.41) is 12.1. The smallest absolute Gasteiger partial charge is 0.453 e. The first kappa shape index (κ1) is 32.1. The summed E-state index contributed by atoms with van der Waals surface area (Å²) in [6.45, 7) is 1.84. The monoisotopic (exact) mass is 580 g/mol. The first-order valence-corrected chi connectivity index (χ1v) is 12.5. The van der Waals surface area contributed by atoms with Crippen LogP contribution in [-0.2, 0) is 16.0 Å². The second-order valence-electron chi connectivity index (χ2n) is 8.54. The van der Waals surface area contributed by atoms with Gasteiger partial charge in [0.15, 0.2) is 6.10 Å². The molecule has 0 aromatic heterocycles. The van der Waals surface area contributed by atoms with Crippen molar-refractivity contribution in [3.63, 3.8) is 0 Å². The van der Waals surface area contributed by atoms with E-state index in [0.717, 1.165) is 0 Å². The fourth-order valence-electron chi connectivity index (χ4n) is 3.49. The van der Waals surface area contributed by atoms with Crippen molar-refractivity contribution in [1.29, 1.82) is 0 Å². The van der Waals surface area contributed by atoms with Crippen molar-refractivity contribution in [2.45, 2.75) is 50.8 Å². The molecule has 1 atom stereocenters. The van der Waals surface area contributed by atoms with Crippen LogP contribution in [0.3, 0.4) is 0 Å². The van der Waals surface area contributed by atoms with Crippen LogP contribution in [0.15, 0.2) is 48.5 Å². The van der Waals surface area contributed by atoms with E-state index in [-0.39, 0.29) is 44.2 Å². The zero-order chi connectivity index (χ0) is 29.1. The summed E-state index contributed by atoms with van der Waals surface area (Å²) in [4.78, 5) is 25.3. The van der Waals surface area contributed by atoms with Crippen LogP contribution in [0, 0.1) is 0 Å². The van der Waals surface area contributed by atoms with E-state index >= 15 is 0 Å². The van der Waals surface area contributed by atoms with Gasteiger partial charge in [-0.15, -0.1) is 0 Å². The summed E-state index contributed by atoms with van der Waals surface area (Å²) in [7, 11) is 0. The Hall–Kier alpha value is -3.12. The fraction of sp³-hybridized carbons (Fsp3) is 0.462. The number of unbranched alkanes of at least 4 members (excludes halogenated alkanes) is 1. The van der Waals surface area contributed by atoms with Crippen molar-refractivity contribution in [3.8, 4) is 5.75 Å². The minimum Gasteiger partial charge on any atom is -0.492 e. The second-order valence-corrected chi connectivity index (χ2v) is 8.94. The van der Waals surface area contributed by atoms with Crippen LogP contribution in [0.4, 0.5) is 32.4 Å². The van der Waals surface area contributed by atoms with Gasteiger partial charge < -0.3 is 24.8 Å². The van der Waals surface area contributed by atoms with E-state index in [9.17, 15) is 36.6 Å². The fourth-order valence-corrected chi connectivity index (χ4v) is 3.67. The van der Waals surface area contributed by atoms with Gasteiger partial charge in [0, 0.05) is 26.0 Å². The Balaban J connectivity index is 1.97. The van der Waals surface area contributed by atoms with Gasteiger partial charge in [0.2, 0.25) is 0 Å². The lowest BCUT2D eigenvalue weighted by molar-refractivity contribution is -0.284. The van der Waals surface area contributed by atoms with E-state index < -0.39 is 43.0 Å². The Morgan fingerprint density at radius 1 is 1.03 bits per heavy atom. The Morgan fingerprint density at radius 3 is 2.28 bits per heavy atom. The largest absolute Gasteiger partial charge is 0.492 e. The van der Waals surface area contributed by atoms with E-state index in [2.05, 4.69) is 5.32 Å². The minimum atomic E-state index is -5.63. The van der Waals surface area contributed by atoms with Crippen LogP contribution in [0.2, 0.25) is 5.02 Å². The van der Waals surface area contributed by atoms with Crippen LogP contribution in [0.1, 0.15) is 31.7 Å². The molecule has 2 aromatic carbocycles. The first-order valence-electron chi connectivity index (χ1n) is 12.1. The molecule has 216 valence electrons. The van der Waals surface area contributed by atoms with Crippen molar-refractivity contribution >= 4 is 29.3 Å². The molecule has 0 aliphatic rings. The van der Waals surface area contributed by atoms with Gasteiger partial charge in [-0.05, 0) is 49.6 Å². The molecular weight excluding hydrogens is 551 g/mol.